The Morgan fingerprint density at radius 1 is 1.21 bits per heavy atom. The number of rotatable bonds is 2. The molecule has 0 aromatic heterocycles. The van der Waals surface area contributed by atoms with Gasteiger partial charge in [0.05, 0.1) is 5.60 Å². The van der Waals surface area contributed by atoms with E-state index in [0.717, 1.165) is 51.5 Å². The number of nitrogens with two attached hydrogens (primary N) is 1. The van der Waals surface area contributed by atoms with Gasteiger partial charge in [0.25, 0.3) is 0 Å². The highest BCUT2D eigenvalue weighted by Crippen LogP contribution is 2.37. The first-order valence-electron chi connectivity index (χ1n) is 5.76. The molecule has 82 valence electrons. The lowest BCUT2D eigenvalue weighted by molar-refractivity contribution is -0.147. The molecule has 1 unspecified atom stereocenters. The minimum atomic E-state index is 0.149. The molecule has 2 rings (SSSR count). The Bertz CT molecular complexity index is 171. The van der Waals surface area contributed by atoms with Crippen LogP contribution in [0.4, 0.5) is 0 Å². The zero-order valence-electron chi connectivity index (χ0n) is 8.84. The van der Waals surface area contributed by atoms with Crippen LogP contribution < -0.4 is 5.73 Å². The maximum absolute atomic E-state index is 5.96. The fourth-order valence-corrected chi connectivity index (χ4v) is 2.70. The van der Waals surface area contributed by atoms with E-state index in [2.05, 4.69) is 0 Å². The highest BCUT2D eigenvalue weighted by atomic mass is 16.5. The monoisotopic (exact) mass is 199 g/mol. The molecule has 0 bridgehead atoms. The Labute approximate surface area is 85.9 Å². The third-order valence-electron chi connectivity index (χ3n) is 3.57. The predicted molar refractivity (Wildman–Crippen MR) is 55.1 cm³/mol. The van der Waals surface area contributed by atoms with Gasteiger partial charge in [-0.05, 0) is 44.6 Å². The summed E-state index contributed by atoms with van der Waals surface area (Å²) in [4.78, 5) is 0. The summed E-state index contributed by atoms with van der Waals surface area (Å²) in [5.41, 5.74) is 5.76. The topological polar surface area (TPSA) is 44.5 Å². The van der Waals surface area contributed by atoms with Gasteiger partial charge in [0.15, 0.2) is 0 Å². The predicted octanol–water partition coefficient (Wildman–Crippen LogP) is 1.31. The average molecular weight is 199 g/mol. The lowest BCUT2D eigenvalue weighted by Crippen LogP contribution is -2.44. The van der Waals surface area contributed by atoms with Gasteiger partial charge in [-0.25, -0.2) is 0 Å². The minimum Gasteiger partial charge on any atom is -0.381 e. The summed E-state index contributed by atoms with van der Waals surface area (Å²) >= 11 is 0. The second-order valence-electron chi connectivity index (χ2n) is 4.58. The molecular formula is C11H21NO2. The van der Waals surface area contributed by atoms with Crippen molar-refractivity contribution >= 4 is 0 Å². The van der Waals surface area contributed by atoms with Crippen molar-refractivity contribution in [1.29, 1.82) is 0 Å². The van der Waals surface area contributed by atoms with Crippen LogP contribution in [0.15, 0.2) is 0 Å². The Morgan fingerprint density at radius 2 is 2.00 bits per heavy atom. The Hall–Kier alpha value is -0.120. The quantitative estimate of drug-likeness (QED) is 0.729. The van der Waals surface area contributed by atoms with Gasteiger partial charge in [-0.1, -0.05) is 0 Å². The SMILES string of the molecule is NCCC1CCOC2(CCOCC2)C1. The van der Waals surface area contributed by atoms with Crippen LogP contribution in [-0.4, -0.2) is 32.0 Å². The molecule has 0 radical (unpaired) electrons. The van der Waals surface area contributed by atoms with Crippen molar-refractivity contribution in [3.8, 4) is 0 Å². The first-order valence-corrected chi connectivity index (χ1v) is 5.76. The van der Waals surface area contributed by atoms with Gasteiger partial charge in [0, 0.05) is 19.8 Å². The molecule has 3 nitrogen and oxygen atoms in total. The molecule has 14 heavy (non-hydrogen) atoms. The van der Waals surface area contributed by atoms with E-state index in [0.29, 0.717) is 0 Å². The van der Waals surface area contributed by atoms with Crippen LogP contribution in [0, 0.1) is 5.92 Å². The van der Waals surface area contributed by atoms with E-state index in [9.17, 15) is 0 Å². The van der Waals surface area contributed by atoms with E-state index in [4.69, 9.17) is 15.2 Å². The lowest BCUT2D eigenvalue weighted by atomic mass is 9.79. The van der Waals surface area contributed by atoms with E-state index in [1.807, 2.05) is 0 Å². The van der Waals surface area contributed by atoms with Crippen molar-refractivity contribution in [3.05, 3.63) is 0 Å². The Morgan fingerprint density at radius 3 is 2.71 bits per heavy atom. The molecule has 1 atom stereocenters. The molecule has 2 saturated heterocycles. The van der Waals surface area contributed by atoms with Crippen molar-refractivity contribution in [3.63, 3.8) is 0 Å². The first kappa shape index (κ1) is 10.4. The Balaban J connectivity index is 1.91. The molecule has 2 N–H and O–H groups in total. The fourth-order valence-electron chi connectivity index (χ4n) is 2.70. The molecule has 2 heterocycles. The van der Waals surface area contributed by atoms with Crippen LogP contribution in [-0.2, 0) is 9.47 Å². The van der Waals surface area contributed by atoms with Gasteiger partial charge >= 0.3 is 0 Å². The van der Waals surface area contributed by atoms with Crippen molar-refractivity contribution in [2.45, 2.75) is 37.7 Å². The minimum absolute atomic E-state index is 0.149. The zero-order chi connectivity index (χ0) is 9.86. The standard InChI is InChI=1S/C11H21NO2/c12-5-1-10-2-6-14-11(9-10)3-7-13-8-4-11/h10H,1-9,12H2. The average Bonchev–Trinajstić information content (AvgIpc) is 2.19. The third kappa shape index (κ3) is 2.27. The van der Waals surface area contributed by atoms with E-state index < -0.39 is 0 Å². The molecule has 2 aliphatic heterocycles. The van der Waals surface area contributed by atoms with Crippen LogP contribution in [0.5, 0.6) is 0 Å². The second kappa shape index (κ2) is 4.60. The molecule has 0 aromatic rings. The van der Waals surface area contributed by atoms with E-state index in [1.54, 1.807) is 0 Å². The highest BCUT2D eigenvalue weighted by Gasteiger charge is 2.38. The van der Waals surface area contributed by atoms with E-state index >= 15 is 0 Å². The molecule has 2 aliphatic rings. The summed E-state index contributed by atoms with van der Waals surface area (Å²) in [6, 6.07) is 0. The Kier molecular flexibility index (Phi) is 3.42. The maximum atomic E-state index is 5.96. The lowest BCUT2D eigenvalue weighted by Gasteiger charge is -2.43. The second-order valence-corrected chi connectivity index (χ2v) is 4.58. The van der Waals surface area contributed by atoms with Crippen LogP contribution >= 0.6 is 0 Å². The number of hydrogen-bond donors (Lipinski definition) is 1. The molecular weight excluding hydrogens is 178 g/mol. The van der Waals surface area contributed by atoms with Gasteiger partial charge in [-0.3, -0.25) is 0 Å². The van der Waals surface area contributed by atoms with E-state index in [-0.39, 0.29) is 5.60 Å². The molecule has 0 amide bonds. The highest BCUT2D eigenvalue weighted by molar-refractivity contribution is 4.88. The van der Waals surface area contributed by atoms with Gasteiger partial charge in [-0.15, -0.1) is 0 Å². The van der Waals surface area contributed by atoms with Gasteiger partial charge in [-0.2, -0.15) is 0 Å². The third-order valence-corrected chi connectivity index (χ3v) is 3.57. The maximum Gasteiger partial charge on any atom is 0.0729 e. The first-order chi connectivity index (χ1) is 6.85. The van der Waals surface area contributed by atoms with Gasteiger partial charge < -0.3 is 15.2 Å². The normalized spacial score (nSPS) is 31.9. The summed E-state index contributed by atoms with van der Waals surface area (Å²) in [5.74, 6) is 0.784. The van der Waals surface area contributed by atoms with Crippen LogP contribution in [0.1, 0.15) is 32.1 Å². The van der Waals surface area contributed by atoms with Crippen molar-refractivity contribution < 1.29 is 9.47 Å². The summed E-state index contributed by atoms with van der Waals surface area (Å²) in [5, 5.41) is 0. The molecule has 3 heteroatoms. The van der Waals surface area contributed by atoms with Crippen LogP contribution in [0.3, 0.4) is 0 Å². The largest absolute Gasteiger partial charge is 0.381 e. The molecule has 0 aromatic carbocycles. The smallest absolute Gasteiger partial charge is 0.0729 e. The zero-order valence-corrected chi connectivity index (χ0v) is 8.84. The van der Waals surface area contributed by atoms with Crippen molar-refractivity contribution in [2.24, 2.45) is 11.7 Å². The summed E-state index contributed by atoms with van der Waals surface area (Å²) in [6.45, 7) is 3.48. The molecule has 0 saturated carbocycles. The molecule has 2 fully saturated rings. The number of ether oxygens (including phenoxy) is 2. The van der Waals surface area contributed by atoms with Gasteiger partial charge in [0.2, 0.25) is 0 Å². The number of hydrogen-bond acceptors (Lipinski definition) is 3. The summed E-state index contributed by atoms with van der Waals surface area (Å²) < 4.78 is 11.3. The van der Waals surface area contributed by atoms with Gasteiger partial charge in [0.1, 0.15) is 0 Å². The summed E-state index contributed by atoms with van der Waals surface area (Å²) in [7, 11) is 0. The van der Waals surface area contributed by atoms with Crippen LogP contribution in [0.2, 0.25) is 0 Å². The molecule has 0 aliphatic carbocycles. The fraction of sp³-hybridized carbons (Fsp3) is 1.00. The summed E-state index contributed by atoms with van der Waals surface area (Å²) in [6.07, 6.45) is 5.71. The van der Waals surface area contributed by atoms with Crippen LogP contribution in [0.25, 0.3) is 0 Å². The van der Waals surface area contributed by atoms with Crippen molar-refractivity contribution in [1.82, 2.24) is 0 Å². The van der Waals surface area contributed by atoms with E-state index in [1.165, 1.54) is 12.8 Å². The molecule has 1 spiro atoms. The van der Waals surface area contributed by atoms with Crippen molar-refractivity contribution in [2.75, 3.05) is 26.4 Å².